The molecule has 0 amide bonds. The van der Waals surface area contributed by atoms with Crippen LogP contribution in [0.5, 0.6) is 11.5 Å². The van der Waals surface area contributed by atoms with Crippen LogP contribution in [0.15, 0.2) is 36.5 Å². The number of nitrogens with zero attached hydrogens (tertiary/aromatic N) is 2. The Bertz CT molecular complexity index is 830. The summed E-state index contributed by atoms with van der Waals surface area (Å²) in [6.07, 6.45) is 2.67. The zero-order chi connectivity index (χ0) is 19.0. The summed E-state index contributed by atoms with van der Waals surface area (Å²) < 4.78 is 32.8. The molecule has 4 rings (SSSR count). The van der Waals surface area contributed by atoms with Gasteiger partial charge in [-0.25, -0.2) is 9.37 Å². The SMILES string of the molecule is O=C(CN1CC2C[C@H](Oc3cccc(F)c3F)C[C@H]2C1)c1ccc(O)cn1. The molecule has 3 atom stereocenters. The average molecular weight is 374 g/mol. The molecule has 2 aliphatic rings. The normalized spacial score (nSPS) is 24.7. The maximum atomic E-state index is 13.8. The number of halogens is 2. The first kappa shape index (κ1) is 17.9. The summed E-state index contributed by atoms with van der Waals surface area (Å²) in [6.45, 7) is 1.84. The van der Waals surface area contributed by atoms with Gasteiger partial charge in [0.1, 0.15) is 11.4 Å². The number of carbonyl (C=O) groups is 1. The number of benzene rings is 1. The van der Waals surface area contributed by atoms with E-state index in [-0.39, 0.29) is 29.9 Å². The summed E-state index contributed by atoms with van der Waals surface area (Å²) in [7, 11) is 0. The zero-order valence-corrected chi connectivity index (χ0v) is 14.6. The minimum atomic E-state index is -0.941. The number of ether oxygens (including phenoxy) is 1. The van der Waals surface area contributed by atoms with Crippen molar-refractivity contribution in [2.75, 3.05) is 19.6 Å². The Balaban J connectivity index is 1.31. The van der Waals surface area contributed by atoms with Crippen molar-refractivity contribution in [2.45, 2.75) is 18.9 Å². The van der Waals surface area contributed by atoms with Gasteiger partial charge in [-0.15, -0.1) is 0 Å². The second-order valence-corrected chi connectivity index (χ2v) is 7.30. The Morgan fingerprint density at radius 3 is 2.59 bits per heavy atom. The molecule has 0 radical (unpaired) electrons. The second-order valence-electron chi connectivity index (χ2n) is 7.30. The van der Waals surface area contributed by atoms with Crippen LogP contribution in [0.1, 0.15) is 23.3 Å². The molecule has 5 nitrogen and oxygen atoms in total. The van der Waals surface area contributed by atoms with Crippen LogP contribution in [0.2, 0.25) is 0 Å². The zero-order valence-electron chi connectivity index (χ0n) is 14.6. The van der Waals surface area contributed by atoms with E-state index in [2.05, 4.69) is 9.88 Å². The minimum absolute atomic E-state index is 0.0306. The van der Waals surface area contributed by atoms with Crippen LogP contribution in [0.25, 0.3) is 0 Å². The van der Waals surface area contributed by atoms with Crippen LogP contribution in [0.3, 0.4) is 0 Å². The summed E-state index contributed by atoms with van der Waals surface area (Å²) in [5.41, 5.74) is 0.340. The molecule has 2 fully saturated rings. The maximum absolute atomic E-state index is 13.8. The second kappa shape index (κ2) is 7.23. The Morgan fingerprint density at radius 1 is 1.19 bits per heavy atom. The Morgan fingerprint density at radius 2 is 1.93 bits per heavy atom. The van der Waals surface area contributed by atoms with Crippen molar-refractivity contribution in [3.63, 3.8) is 0 Å². The molecule has 0 bridgehead atoms. The highest BCUT2D eigenvalue weighted by Gasteiger charge is 2.42. The summed E-state index contributed by atoms with van der Waals surface area (Å²) in [5.74, 6) is -1.17. The molecule has 1 aliphatic heterocycles. The van der Waals surface area contributed by atoms with E-state index in [1.54, 1.807) is 0 Å². The van der Waals surface area contributed by atoms with E-state index >= 15 is 0 Å². The van der Waals surface area contributed by atoms with Crippen LogP contribution < -0.4 is 4.74 Å². The highest BCUT2D eigenvalue weighted by Crippen LogP contribution is 2.40. The number of rotatable bonds is 5. The molecule has 1 aromatic carbocycles. The van der Waals surface area contributed by atoms with Crippen molar-refractivity contribution in [1.82, 2.24) is 9.88 Å². The largest absolute Gasteiger partial charge is 0.506 e. The molecule has 1 unspecified atom stereocenters. The fraction of sp³-hybridized carbons (Fsp3) is 0.400. The summed E-state index contributed by atoms with van der Waals surface area (Å²) in [4.78, 5) is 18.4. The quantitative estimate of drug-likeness (QED) is 0.815. The first-order chi connectivity index (χ1) is 13.0. The lowest BCUT2D eigenvalue weighted by atomic mass is 10.0. The molecule has 142 valence electrons. The number of carbonyl (C=O) groups excluding carboxylic acids is 1. The monoisotopic (exact) mass is 374 g/mol. The van der Waals surface area contributed by atoms with Gasteiger partial charge in [0.25, 0.3) is 0 Å². The molecular weight excluding hydrogens is 354 g/mol. The van der Waals surface area contributed by atoms with Crippen molar-refractivity contribution >= 4 is 5.78 Å². The highest BCUT2D eigenvalue weighted by molar-refractivity contribution is 5.95. The fourth-order valence-electron chi connectivity index (χ4n) is 4.16. The lowest BCUT2D eigenvalue weighted by molar-refractivity contribution is 0.0931. The third kappa shape index (κ3) is 3.78. The molecule has 1 saturated heterocycles. The Kier molecular flexibility index (Phi) is 4.78. The number of aromatic nitrogens is 1. The van der Waals surface area contributed by atoms with Crippen LogP contribution in [-0.2, 0) is 0 Å². The number of hydrogen-bond donors (Lipinski definition) is 1. The molecule has 1 N–H and O–H groups in total. The number of pyridine rings is 1. The molecule has 1 aromatic heterocycles. The number of likely N-dealkylation sites (tertiary alicyclic amines) is 1. The Labute approximate surface area is 155 Å². The minimum Gasteiger partial charge on any atom is -0.506 e. The van der Waals surface area contributed by atoms with Gasteiger partial charge in [0.15, 0.2) is 17.3 Å². The summed E-state index contributed by atoms with van der Waals surface area (Å²) in [5, 5.41) is 9.25. The molecular formula is C20H20F2N2O3. The standard InChI is InChI=1S/C20H20F2N2O3/c21-16-2-1-3-19(20(16)22)27-15-6-12-9-24(10-13(12)7-15)11-18(26)17-5-4-14(25)8-23-17/h1-5,8,12-13,15,25H,6-7,9-11H2/t12-,13?,15+/m0/s1. The van der Waals surface area contributed by atoms with E-state index in [1.807, 2.05) is 0 Å². The van der Waals surface area contributed by atoms with Crippen LogP contribution in [0, 0.1) is 23.5 Å². The highest BCUT2D eigenvalue weighted by atomic mass is 19.2. The fourth-order valence-corrected chi connectivity index (χ4v) is 4.16. The van der Waals surface area contributed by atoms with Gasteiger partial charge >= 0.3 is 0 Å². The van der Waals surface area contributed by atoms with Gasteiger partial charge in [-0.05, 0) is 48.9 Å². The van der Waals surface area contributed by atoms with E-state index in [1.165, 1.54) is 30.5 Å². The van der Waals surface area contributed by atoms with Crippen LogP contribution in [0.4, 0.5) is 8.78 Å². The summed E-state index contributed by atoms with van der Waals surface area (Å²) >= 11 is 0. The first-order valence-corrected chi connectivity index (χ1v) is 9.01. The van der Waals surface area contributed by atoms with Gasteiger partial charge in [-0.3, -0.25) is 9.69 Å². The topological polar surface area (TPSA) is 62.7 Å². The maximum Gasteiger partial charge on any atom is 0.200 e. The third-order valence-corrected chi connectivity index (χ3v) is 5.39. The molecule has 1 aliphatic carbocycles. The van der Waals surface area contributed by atoms with E-state index in [0.29, 0.717) is 17.5 Å². The molecule has 2 heterocycles. The molecule has 7 heteroatoms. The van der Waals surface area contributed by atoms with Crippen molar-refractivity contribution < 1.29 is 23.4 Å². The number of fused-ring (bicyclic) bond motifs is 1. The van der Waals surface area contributed by atoms with E-state index in [9.17, 15) is 18.7 Å². The van der Waals surface area contributed by atoms with Crippen LogP contribution in [-0.4, -0.2) is 46.5 Å². The third-order valence-electron chi connectivity index (χ3n) is 5.39. The van der Waals surface area contributed by atoms with E-state index in [4.69, 9.17) is 4.74 Å². The van der Waals surface area contributed by atoms with Crippen molar-refractivity contribution in [2.24, 2.45) is 11.8 Å². The summed E-state index contributed by atoms with van der Waals surface area (Å²) in [6, 6.07) is 6.93. The smallest absolute Gasteiger partial charge is 0.200 e. The molecule has 27 heavy (non-hydrogen) atoms. The van der Waals surface area contributed by atoms with Crippen molar-refractivity contribution in [1.29, 1.82) is 0 Å². The van der Waals surface area contributed by atoms with Gasteiger partial charge in [0, 0.05) is 13.1 Å². The number of hydrogen-bond acceptors (Lipinski definition) is 5. The molecule has 2 aromatic rings. The predicted octanol–water partition coefficient (Wildman–Crippen LogP) is 3.04. The molecule has 0 spiro atoms. The van der Waals surface area contributed by atoms with Crippen molar-refractivity contribution in [3.05, 3.63) is 53.9 Å². The van der Waals surface area contributed by atoms with Gasteiger partial charge in [-0.1, -0.05) is 6.07 Å². The first-order valence-electron chi connectivity index (χ1n) is 9.01. The lowest BCUT2D eigenvalue weighted by Crippen LogP contribution is -2.30. The Hall–Kier alpha value is -2.54. The van der Waals surface area contributed by atoms with E-state index in [0.717, 1.165) is 32.0 Å². The lowest BCUT2D eigenvalue weighted by Gasteiger charge is -2.19. The number of aromatic hydroxyl groups is 1. The number of Topliss-reactive ketones (excluding diaryl/α,β-unsaturated/α-hetero) is 1. The average Bonchev–Trinajstić information content (AvgIpc) is 3.17. The predicted molar refractivity (Wildman–Crippen MR) is 93.7 cm³/mol. The molecule has 1 saturated carbocycles. The van der Waals surface area contributed by atoms with Crippen LogP contribution >= 0.6 is 0 Å². The van der Waals surface area contributed by atoms with Gasteiger partial charge in [0.2, 0.25) is 5.82 Å². The number of ketones is 1. The van der Waals surface area contributed by atoms with E-state index < -0.39 is 11.6 Å². The van der Waals surface area contributed by atoms with Crippen molar-refractivity contribution in [3.8, 4) is 11.5 Å². The van der Waals surface area contributed by atoms with Gasteiger partial charge in [-0.2, -0.15) is 4.39 Å². The van der Waals surface area contributed by atoms with Gasteiger partial charge < -0.3 is 9.84 Å². The van der Waals surface area contributed by atoms with Gasteiger partial charge in [0.05, 0.1) is 18.8 Å².